The van der Waals surface area contributed by atoms with Crippen molar-refractivity contribution in [1.29, 1.82) is 5.26 Å². The van der Waals surface area contributed by atoms with E-state index < -0.39 is 5.91 Å². The van der Waals surface area contributed by atoms with E-state index in [1.807, 2.05) is 13.0 Å². The molecule has 0 saturated heterocycles. The van der Waals surface area contributed by atoms with Crippen molar-refractivity contribution >= 4 is 18.0 Å². The van der Waals surface area contributed by atoms with Crippen molar-refractivity contribution in [3.05, 3.63) is 42.0 Å². The molecule has 0 heterocycles. The minimum absolute atomic E-state index is 0.0448. The number of unbranched alkanes of at least 4 members (excludes halogenated alkanes) is 1. The number of nitrogens with one attached hydrogen (secondary N) is 1. The molecule has 0 bridgehead atoms. The molecule has 0 aromatic heterocycles. The predicted molar refractivity (Wildman–Crippen MR) is 95.0 cm³/mol. The van der Waals surface area contributed by atoms with E-state index >= 15 is 0 Å². The van der Waals surface area contributed by atoms with Crippen LogP contribution in [0.4, 0.5) is 0 Å². The first kappa shape index (κ1) is 20.0. The van der Waals surface area contributed by atoms with Gasteiger partial charge in [0.25, 0.3) is 5.91 Å². The number of benzene rings is 1. The molecule has 0 aliphatic heterocycles. The van der Waals surface area contributed by atoms with Crippen LogP contribution in [-0.2, 0) is 9.59 Å². The number of hydrogen-bond acceptors (Lipinski definition) is 5. The molecule has 0 aliphatic carbocycles. The first-order valence-corrected chi connectivity index (χ1v) is 7.95. The summed E-state index contributed by atoms with van der Waals surface area (Å²) in [5.74, 6) is -0.167. The lowest BCUT2D eigenvalue weighted by Gasteiger charge is -2.10. The Bertz CT molecular complexity index is 702. The normalized spacial score (nSPS) is 10.5. The van der Waals surface area contributed by atoms with Crippen molar-refractivity contribution in [2.45, 2.75) is 26.2 Å². The van der Waals surface area contributed by atoms with Crippen LogP contribution in [0, 0.1) is 11.3 Å². The van der Waals surface area contributed by atoms with Crippen LogP contribution in [0.5, 0.6) is 11.5 Å². The van der Waals surface area contributed by atoms with Crippen LogP contribution in [-0.4, -0.2) is 25.5 Å². The molecule has 132 valence electrons. The smallest absolute Gasteiger partial charge is 0.311 e. The van der Waals surface area contributed by atoms with Gasteiger partial charge in [-0.1, -0.05) is 25.5 Å². The number of ether oxygens (including phenoxy) is 2. The van der Waals surface area contributed by atoms with Crippen LogP contribution in [0.3, 0.4) is 0 Å². The molecular formula is C19H22N2O4. The lowest BCUT2D eigenvalue weighted by atomic mass is 10.1. The lowest BCUT2D eigenvalue weighted by molar-refractivity contribution is -0.134. The Morgan fingerprint density at radius 3 is 2.72 bits per heavy atom. The third-order valence-electron chi connectivity index (χ3n) is 3.23. The molecule has 25 heavy (non-hydrogen) atoms. The summed E-state index contributed by atoms with van der Waals surface area (Å²) in [5.41, 5.74) is 0.534. The average Bonchev–Trinajstić information content (AvgIpc) is 2.63. The second-order valence-electron chi connectivity index (χ2n) is 5.16. The molecule has 1 N–H and O–H groups in total. The summed E-state index contributed by atoms with van der Waals surface area (Å²) >= 11 is 0. The largest absolute Gasteiger partial charge is 0.493 e. The van der Waals surface area contributed by atoms with Crippen LogP contribution in [0.25, 0.3) is 6.08 Å². The molecule has 0 aliphatic rings. The Morgan fingerprint density at radius 1 is 1.36 bits per heavy atom. The van der Waals surface area contributed by atoms with Crippen molar-refractivity contribution < 1.29 is 19.1 Å². The van der Waals surface area contributed by atoms with Gasteiger partial charge in [0.05, 0.1) is 7.11 Å². The molecular weight excluding hydrogens is 320 g/mol. The zero-order valence-corrected chi connectivity index (χ0v) is 14.5. The Labute approximate surface area is 147 Å². The van der Waals surface area contributed by atoms with Crippen molar-refractivity contribution in [2.75, 3.05) is 13.7 Å². The van der Waals surface area contributed by atoms with Gasteiger partial charge < -0.3 is 14.8 Å². The highest BCUT2D eigenvalue weighted by Gasteiger charge is 2.12. The van der Waals surface area contributed by atoms with E-state index in [2.05, 4.69) is 11.9 Å². The summed E-state index contributed by atoms with van der Waals surface area (Å²) in [6.45, 7) is 5.77. The topological polar surface area (TPSA) is 88.4 Å². The number of methoxy groups -OCH3 is 1. The Balaban J connectivity index is 2.97. The van der Waals surface area contributed by atoms with Gasteiger partial charge >= 0.3 is 5.97 Å². The highest BCUT2D eigenvalue weighted by atomic mass is 16.6. The summed E-state index contributed by atoms with van der Waals surface area (Å²) in [4.78, 5) is 23.6. The first-order chi connectivity index (χ1) is 12.0. The molecule has 6 heteroatoms. The van der Waals surface area contributed by atoms with Crippen molar-refractivity contribution in [1.82, 2.24) is 5.32 Å². The fourth-order valence-corrected chi connectivity index (χ4v) is 1.93. The summed E-state index contributed by atoms with van der Waals surface area (Å²) in [7, 11) is 1.45. The number of carbonyl (C=O) groups excluding carboxylic acids is 2. The molecule has 0 atom stereocenters. The zero-order chi connectivity index (χ0) is 18.7. The van der Waals surface area contributed by atoms with Gasteiger partial charge in [-0.3, -0.25) is 9.59 Å². The van der Waals surface area contributed by atoms with Gasteiger partial charge in [0, 0.05) is 13.0 Å². The van der Waals surface area contributed by atoms with E-state index in [-0.39, 0.29) is 18.1 Å². The molecule has 1 aromatic rings. The summed E-state index contributed by atoms with van der Waals surface area (Å²) < 4.78 is 10.5. The Kier molecular flexibility index (Phi) is 8.52. The van der Waals surface area contributed by atoms with Gasteiger partial charge in [0.2, 0.25) is 0 Å². The molecule has 0 unspecified atom stereocenters. The SMILES string of the molecule is C=CCNC(=O)/C(C#N)=C/c1ccc(OC(=O)CCCC)c(OC)c1. The van der Waals surface area contributed by atoms with Gasteiger partial charge in [-0.15, -0.1) is 6.58 Å². The molecule has 0 fully saturated rings. The van der Waals surface area contributed by atoms with Crippen molar-refractivity contribution in [3.8, 4) is 17.6 Å². The number of rotatable bonds is 9. The average molecular weight is 342 g/mol. The summed E-state index contributed by atoms with van der Waals surface area (Å²) in [5, 5.41) is 11.7. The first-order valence-electron chi connectivity index (χ1n) is 7.95. The van der Waals surface area contributed by atoms with E-state index in [0.29, 0.717) is 23.5 Å². The maximum Gasteiger partial charge on any atom is 0.311 e. The highest BCUT2D eigenvalue weighted by Crippen LogP contribution is 2.29. The highest BCUT2D eigenvalue weighted by molar-refractivity contribution is 6.01. The number of esters is 1. The van der Waals surface area contributed by atoms with Crippen molar-refractivity contribution in [2.24, 2.45) is 0 Å². The lowest BCUT2D eigenvalue weighted by Crippen LogP contribution is -2.24. The van der Waals surface area contributed by atoms with Crippen LogP contribution in [0.1, 0.15) is 31.7 Å². The second kappa shape index (κ2) is 10.7. The van der Waals surface area contributed by atoms with Gasteiger partial charge in [0.15, 0.2) is 11.5 Å². The molecule has 1 rings (SSSR count). The minimum atomic E-state index is -0.489. The summed E-state index contributed by atoms with van der Waals surface area (Å²) in [6, 6.07) is 6.67. The predicted octanol–water partition coefficient (Wildman–Crippen LogP) is 3.00. The van der Waals surface area contributed by atoms with E-state index in [4.69, 9.17) is 14.7 Å². The Morgan fingerprint density at radius 2 is 2.12 bits per heavy atom. The van der Waals surface area contributed by atoms with E-state index in [1.165, 1.54) is 19.3 Å². The van der Waals surface area contributed by atoms with Gasteiger partial charge in [-0.05, 0) is 30.2 Å². The fourth-order valence-electron chi connectivity index (χ4n) is 1.93. The van der Waals surface area contributed by atoms with E-state index in [1.54, 1.807) is 18.2 Å². The molecule has 0 spiro atoms. The fraction of sp³-hybridized carbons (Fsp3) is 0.316. The number of amides is 1. The van der Waals surface area contributed by atoms with E-state index in [9.17, 15) is 9.59 Å². The van der Waals surface area contributed by atoms with E-state index in [0.717, 1.165) is 12.8 Å². The van der Waals surface area contributed by atoms with Crippen LogP contribution >= 0.6 is 0 Å². The van der Waals surface area contributed by atoms with Crippen molar-refractivity contribution in [3.63, 3.8) is 0 Å². The van der Waals surface area contributed by atoms with Crippen LogP contribution < -0.4 is 14.8 Å². The molecule has 6 nitrogen and oxygen atoms in total. The van der Waals surface area contributed by atoms with Gasteiger partial charge in [0.1, 0.15) is 11.6 Å². The monoisotopic (exact) mass is 342 g/mol. The number of nitriles is 1. The third kappa shape index (κ3) is 6.51. The van der Waals surface area contributed by atoms with Crippen LogP contribution in [0.2, 0.25) is 0 Å². The molecule has 1 amide bonds. The summed E-state index contributed by atoms with van der Waals surface area (Å²) in [6.07, 6.45) is 4.96. The van der Waals surface area contributed by atoms with Crippen LogP contribution in [0.15, 0.2) is 36.4 Å². The maximum absolute atomic E-state index is 11.9. The maximum atomic E-state index is 11.9. The van der Waals surface area contributed by atoms with Gasteiger partial charge in [-0.25, -0.2) is 0 Å². The Hall–Kier alpha value is -3.07. The third-order valence-corrected chi connectivity index (χ3v) is 3.23. The molecule has 1 aromatic carbocycles. The number of carbonyl (C=O) groups is 2. The quantitative estimate of drug-likeness (QED) is 0.245. The standard InChI is InChI=1S/C19H22N2O4/c1-4-6-7-18(22)25-16-9-8-14(12-17(16)24-3)11-15(13-20)19(23)21-10-5-2/h5,8-9,11-12H,2,4,6-7,10H2,1,3H3,(H,21,23)/b15-11+. The molecule has 0 radical (unpaired) electrons. The number of hydrogen-bond donors (Lipinski definition) is 1. The second-order valence-corrected chi connectivity index (χ2v) is 5.16. The molecule has 0 saturated carbocycles. The van der Waals surface area contributed by atoms with Gasteiger partial charge in [-0.2, -0.15) is 5.26 Å². The minimum Gasteiger partial charge on any atom is -0.493 e. The zero-order valence-electron chi connectivity index (χ0n) is 14.5. The number of nitrogens with zero attached hydrogens (tertiary/aromatic N) is 1.